The van der Waals surface area contributed by atoms with Crippen LogP contribution in [0.5, 0.6) is 0 Å². The number of hydrogen-bond acceptors (Lipinski definition) is 6. The number of aromatic nitrogens is 1. The predicted octanol–water partition coefficient (Wildman–Crippen LogP) is 4.63. The molecule has 3 amide bonds. The molecule has 1 aromatic heterocycles. The third-order valence-electron chi connectivity index (χ3n) is 4.41. The number of aryl methyl sites for hydroxylation is 2. The van der Waals surface area contributed by atoms with Gasteiger partial charge in [0.25, 0.3) is 0 Å². The lowest BCUT2D eigenvalue weighted by atomic mass is 10.1. The third kappa shape index (κ3) is 6.93. The predicted molar refractivity (Wildman–Crippen MR) is 130 cm³/mol. The normalized spacial score (nSPS) is 10.5. The van der Waals surface area contributed by atoms with Crippen LogP contribution in [-0.2, 0) is 20.8 Å². The number of hydrogen-bond donors (Lipinski definition) is 3. The molecule has 0 atom stereocenters. The first-order valence-electron chi connectivity index (χ1n) is 9.91. The van der Waals surface area contributed by atoms with E-state index in [0.717, 1.165) is 21.2 Å². The van der Waals surface area contributed by atoms with E-state index in [-0.39, 0.29) is 29.9 Å². The molecule has 9 heteroatoms. The van der Waals surface area contributed by atoms with Crippen molar-refractivity contribution in [3.8, 4) is 0 Å². The Morgan fingerprint density at radius 2 is 1.59 bits per heavy atom. The number of benzene rings is 2. The van der Waals surface area contributed by atoms with Crippen molar-refractivity contribution in [2.75, 3.05) is 21.7 Å². The van der Waals surface area contributed by atoms with Crippen molar-refractivity contribution in [3.63, 3.8) is 0 Å². The van der Waals surface area contributed by atoms with Crippen molar-refractivity contribution >= 4 is 57.9 Å². The molecular formula is C23H24N4O3S2. The van der Waals surface area contributed by atoms with Crippen LogP contribution in [0.1, 0.15) is 23.7 Å². The summed E-state index contributed by atoms with van der Waals surface area (Å²) < 4.78 is 0.724. The van der Waals surface area contributed by atoms with E-state index in [1.54, 1.807) is 24.3 Å². The van der Waals surface area contributed by atoms with E-state index in [1.165, 1.54) is 30.0 Å². The third-order valence-corrected chi connectivity index (χ3v) is 6.48. The molecule has 0 aliphatic rings. The fourth-order valence-corrected chi connectivity index (χ4v) is 4.64. The quantitative estimate of drug-likeness (QED) is 0.419. The van der Waals surface area contributed by atoms with Crippen LogP contribution in [0.15, 0.2) is 52.2 Å². The molecule has 2 aromatic carbocycles. The number of amides is 3. The zero-order chi connectivity index (χ0) is 23.1. The number of thioether (sulfide) groups is 1. The molecule has 1 heterocycles. The second-order valence-corrected chi connectivity index (χ2v) is 9.28. The largest absolute Gasteiger partial charge is 0.326 e. The summed E-state index contributed by atoms with van der Waals surface area (Å²) in [5.74, 6) is -0.293. The molecule has 0 unspecified atom stereocenters. The lowest BCUT2D eigenvalue weighted by Gasteiger charge is -2.10. The van der Waals surface area contributed by atoms with Gasteiger partial charge in [-0.25, -0.2) is 4.98 Å². The van der Waals surface area contributed by atoms with E-state index >= 15 is 0 Å². The van der Waals surface area contributed by atoms with Crippen LogP contribution in [0.3, 0.4) is 0 Å². The van der Waals surface area contributed by atoms with Crippen molar-refractivity contribution in [2.24, 2.45) is 0 Å². The number of nitrogens with zero attached hydrogens (tertiary/aromatic N) is 1. The first-order chi connectivity index (χ1) is 15.3. The molecule has 0 aliphatic carbocycles. The summed E-state index contributed by atoms with van der Waals surface area (Å²) in [6, 6.07) is 12.8. The molecule has 0 fully saturated rings. The summed E-state index contributed by atoms with van der Waals surface area (Å²) in [6.45, 7) is 5.35. The molecule has 0 saturated carbocycles. The van der Waals surface area contributed by atoms with Crippen molar-refractivity contribution in [2.45, 2.75) is 31.5 Å². The zero-order valence-corrected chi connectivity index (χ0v) is 19.7. The monoisotopic (exact) mass is 468 g/mol. The lowest BCUT2D eigenvalue weighted by Crippen LogP contribution is -2.16. The van der Waals surface area contributed by atoms with Gasteiger partial charge in [0, 0.05) is 29.4 Å². The van der Waals surface area contributed by atoms with Gasteiger partial charge in [0.15, 0.2) is 4.34 Å². The lowest BCUT2D eigenvalue weighted by molar-refractivity contribution is -0.116. The number of thiazole rings is 1. The Kier molecular flexibility index (Phi) is 8.02. The molecule has 3 rings (SSSR count). The highest BCUT2D eigenvalue weighted by Gasteiger charge is 2.12. The summed E-state index contributed by atoms with van der Waals surface area (Å²) in [7, 11) is 0. The van der Waals surface area contributed by atoms with Crippen LogP contribution in [0.2, 0.25) is 0 Å². The topological polar surface area (TPSA) is 100 Å². The van der Waals surface area contributed by atoms with Crippen LogP contribution >= 0.6 is 23.1 Å². The van der Waals surface area contributed by atoms with E-state index in [9.17, 15) is 14.4 Å². The van der Waals surface area contributed by atoms with Gasteiger partial charge in [0.05, 0.1) is 17.9 Å². The fourth-order valence-electron chi connectivity index (χ4n) is 3.00. The van der Waals surface area contributed by atoms with Gasteiger partial charge in [0.1, 0.15) is 0 Å². The SMILES string of the molecule is CC(=O)Nc1cccc(NC(=O)CSc2nc(CC(=O)Nc3c(C)cccc3C)cs2)c1. The molecule has 0 spiro atoms. The number of rotatable bonds is 8. The average Bonchev–Trinajstić information content (AvgIpc) is 3.16. The van der Waals surface area contributed by atoms with E-state index in [2.05, 4.69) is 20.9 Å². The van der Waals surface area contributed by atoms with Crippen LogP contribution in [0, 0.1) is 13.8 Å². The van der Waals surface area contributed by atoms with Crippen LogP contribution in [0.4, 0.5) is 17.1 Å². The molecule has 166 valence electrons. The Hall–Kier alpha value is -3.17. The van der Waals surface area contributed by atoms with Crippen molar-refractivity contribution in [1.29, 1.82) is 0 Å². The van der Waals surface area contributed by atoms with Gasteiger partial charge >= 0.3 is 0 Å². The standard InChI is InChI=1S/C23H24N4O3S2/c1-14-6-4-7-15(2)22(14)27-20(29)11-19-12-31-23(26-19)32-13-21(30)25-18-9-5-8-17(10-18)24-16(3)28/h4-10,12H,11,13H2,1-3H3,(H,24,28)(H,25,30)(H,27,29). The minimum absolute atomic E-state index is 0.124. The summed E-state index contributed by atoms with van der Waals surface area (Å²) in [4.78, 5) is 40.3. The fraction of sp³-hybridized carbons (Fsp3) is 0.217. The number of para-hydroxylation sites is 1. The van der Waals surface area contributed by atoms with E-state index in [0.29, 0.717) is 17.1 Å². The molecule has 7 nitrogen and oxygen atoms in total. The first kappa shape index (κ1) is 23.5. The number of anilines is 3. The molecule has 32 heavy (non-hydrogen) atoms. The highest BCUT2D eigenvalue weighted by Crippen LogP contribution is 2.24. The maximum absolute atomic E-state index is 12.4. The van der Waals surface area contributed by atoms with E-state index < -0.39 is 0 Å². The molecule has 3 N–H and O–H groups in total. The molecule has 0 radical (unpaired) electrons. The second kappa shape index (κ2) is 10.9. The Morgan fingerprint density at radius 3 is 2.28 bits per heavy atom. The summed E-state index contributed by atoms with van der Waals surface area (Å²) in [6.07, 6.45) is 0.174. The first-order valence-corrected chi connectivity index (χ1v) is 11.8. The molecule has 0 bridgehead atoms. The van der Waals surface area contributed by atoms with Gasteiger partial charge in [-0.1, -0.05) is 36.0 Å². The molecule has 0 aliphatic heterocycles. The van der Waals surface area contributed by atoms with Gasteiger partial charge < -0.3 is 16.0 Å². The second-order valence-electron chi connectivity index (χ2n) is 7.20. The maximum Gasteiger partial charge on any atom is 0.234 e. The highest BCUT2D eigenvalue weighted by atomic mass is 32.2. The van der Waals surface area contributed by atoms with Gasteiger partial charge in [-0.15, -0.1) is 11.3 Å². The van der Waals surface area contributed by atoms with Gasteiger partial charge in [-0.3, -0.25) is 14.4 Å². The van der Waals surface area contributed by atoms with E-state index in [4.69, 9.17) is 0 Å². The van der Waals surface area contributed by atoms with Crippen molar-refractivity contribution in [3.05, 3.63) is 64.7 Å². The Balaban J connectivity index is 1.49. The summed E-state index contributed by atoms with van der Waals surface area (Å²) in [5, 5.41) is 10.3. The summed E-state index contributed by atoms with van der Waals surface area (Å²) in [5.41, 5.74) is 4.76. The van der Waals surface area contributed by atoms with Gasteiger partial charge in [-0.2, -0.15) is 0 Å². The Morgan fingerprint density at radius 1 is 0.938 bits per heavy atom. The smallest absolute Gasteiger partial charge is 0.234 e. The zero-order valence-electron chi connectivity index (χ0n) is 18.0. The number of carbonyl (C=O) groups is 3. The van der Waals surface area contributed by atoms with Crippen molar-refractivity contribution < 1.29 is 14.4 Å². The van der Waals surface area contributed by atoms with Crippen molar-refractivity contribution in [1.82, 2.24) is 4.98 Å². The minimum Gasteiger partial charge on any atom is -0.326 e. The summed E-state index contributed by atoms with van der Waals surface area (Å²) >= 11 is 2.72. The number of nitrogens with one attached hydrogen (secondary N) is 3. The van der Waals surface area contributed by atoms with Crippen LogP contribution in [0.25, 0.3) is 0 Å². The van der Waals surface area contributed by atoms with Gasteiger partial charge in [0.2, 0.25) is 17.7 Å². The van der Waals surface area contributed by atoms with Gasteiger partial charge in [-0.05, 0) is 43.2 Å². The molecule has 3 aromatic rings. The highest BCUT2D eigenvalue weighted by molar-refractivity contribution is 8.01. The number of carbonyl (C=O) groups excluding carboxylic acids is 3. The minimum atomic E-state index is -0.181. The van der Waals surface area contributed by atoms with Crippen LogP contribution in [-0.4, -0.2) is 28.5 Å². The average molecular weight is 469 g/mol. The van der Waals surface area contributed by atoms with E-state index in [1.807, 2.05) is 37.4 Å². The Bertz CT molecular complexity index is 1120. The molecular weight excluding hydrogens is 444 g/mol. The maximum atomic E-state index is 12.4. The molecule has 0 saturated heterocycles. The van der Waals surface area contributed by atoms with Crippen LogP contribution < -0.4 is 16.0 Å². The Labute approximate surface area is 195 Å².